The molecule has 3 aliphatic rings. The summed E-state index contributed by atoms with van der Waals surface area (Å²) < 4.78 is 26.4. The van der Waals surface area contributed by atoms with E-state index in [0.717, 1.165) is 48.0 Å². The van der Waals surface area contributed by atoms with Crippen molar-refractivity contribution in [3.63, 3.8) is 0 Å². The highest BCUT2D eigenvalue weighted by molar-refractivity contribution is 5.17. The third-order valence-electron chi connectivity index (χ3n) is 7.64. The molecule has 0 bridgehead atoms. The van der Waals surface area contributed by atoms with Crippen LogP contribution in [0.15, 0.2) is 18.2 Å². The molecule has 1 aromatic carbocycles. The minimum atomic E-state index is -0.735. The van der Waals surface area contributed by atoms with Crippen molar-refractivity contribution in [1.29, 1.82) is 0 Å². The zero-order chi connectivity index (χ0) is 17.9. The molecule has 0 atom stereocenters. The lowest BCUT2D eigenvalue weighted by molar-refractivity contribution is 0.139. The van der Waals surface area contributed by atoms with E-state index in [1.54, 1.807) is 6.07 Å². The summed E-state index contributed by atoms with van der Waals surface area (Å²) in [5, 5.41) is 0. The Balaban J connectivity index is 1.16. The first kappa shape index (κ1) is 18.4. The van der Waals surface area contributed by atoms with Gasteiger partial charge >= 0.3 is 0 Å². The van der Waals surface area contributed by atoms with Crippen LogP contribution in [0.4, 0.5) is 8.78 Å². The van der Waals surface area contributed by atoms with Gasteiger partial charge < -0.3 is 0 Å². The number of halogens is 2. The minimum Gasteiger partial charge on any atom is -0.204 e. The Morgan fingerprint density at radius 3 is 1.73 bits per heavy atom. The second-order valence-corrected chi connectivity index (χ2v) is 9.53. The molecule has 0 nitrogen and oxygen atoms in total. The van der Waals surface area contributed by atoms with Crippen LogP contribution in [0.1, 0.15) is 82.6 Å². The molecule has 144 valence electrons. The van der Waals surface area contributed by atoms with Gasteiger partial charge in [-0.3, -0.25) is 0 Å². The molecular formula is C24H34F2. The topological polar surface area (TPSA) is 0 Å². The van der Waals surface area contributed by atoms with Gasteiger partial charge in [0.15, 0.2) is 11.6 Å². The van der Waals surface area contributed by atoms with Crippen molar-refractivity contribution in [1.82, 2.24) is 0 Å². The SMILES string of the molecule is Fc1ccc(CCC2CCC(C3CCC(CC4CC4)CC3)CC2)cc1F. The second kappa shape index (κ2) is 8.40. The van der Waals surface area contributed by atoms with Crippen molar-refractivity contribution in [3.8, 4) is 0 Å². The van der Waals surface area contributed by atoms with Crippen LogP contribution in [0.2, 0.25) is 0 Å². The zero-order valence-electron chi connectivity index (χ0n) is 16.1. The van der Waals surface area contributed by atoms with E-state index in [2.05, 4.69) is 0 Å². The molecule has 2 heteroatoms. The highest BCUT2D eigenvalue weighted by atomic mass is 19.2. The number of hydrogen-bond acceptors (Lipinski definition) is 0. The van der Waals surface area contributed by atoms with Crippen LogP contribution in [0.3, 0.4) is 0 Å². The van der Waals surface area contributed by atoms with Crippen molar-refractivity contribution < 1.29 is 8.78 Å². The normalized spacial score (nSPS) is 32.5. The Hall–Kier alpha value is -0.920. The molecule has 0 saturated heterocycles. The van der Waals surface area contributed by atoms with Gasteiger partial charge in [-0.1, -0.05) is 44.6 Å². The summed E-state index contributed by atoms with van der Waals surface area (Å²) in [6.45, 7) is 0. The second-order valence-electron chi connectivity index (χ2n) is 9.53. The van der Waals surface area contributed by atoms with Crippen LogP contribution in [-0.4, -0.2) is 0 Å². The summed E-state index contributed by atoms with van der Waals surface area (Å²) >= 11 is 0. The van der Waals surface area contributed by atoms with Crippen molar-refractivity contribution in [2.75, 3.05) is 0 Å². The maximum absolute atomic E-state index is 13.3. The van der Waals surface area contributed by atoms with Gasteiger partial charge in [0.1, 0.15) is 0 Å². The fourth-order valence-corrected chi connectivity index (χ4v) is 5.73. The minimum absolute atomic E-state index is 0.705. The van der Waals surface area contributed by atoms with Crippen LogP contribution in [0.25, 0.3) is 0 Å². The Kier molecular flexibility index (Phi) is 5.96. The van der Waals surface area contributed by atoms with Crippen LogP contribution in [-0.2, 0) is 6.42 Å². The molecule has 0 spiro atoms. The summed E-state index contributed by atoms with van der Waals surface area (Å²) in [6, 6.07) is 4.38. The molecule has 0 radical (unpaired) electrons. The highest BCUT2D eigenvalue weighted by Gasteiger charge is 2.33. The molecule has 3 fully saturated rings. The lowest BCUT2D eigenvalue weighted by atomic mass is 9.68. The van der Waals surface area contributed by atoms with Gasteiger partial charge in [0.05, 0.1) is 0 Å². The fraction of sp³-hybridized carbons (Fsp3) is 0.750. The van der Waals surface area contributed by atoms with E-state index in [1.807, 2.05) is 0 Å². The van der Waals surface area contributed by atoms with Gasteiger partial charge in [0.2, 0.25) is 0 Å². The summed E-state index contributed by atoms with van der Waals surface area (Å²) in [5.41, 5.74) is 0.944. The third-order valence-corrected chi connectivity index (χ3v) is 7.64. The summed E-state index contributed by atoms with van der Waals surface area (Å²) in [6.07, 6.45) is 18.0. The van der Waals surface area contributed by atoms with E-state index in [4.69, 9.17) is 0 Å². The summed E-state index contributed by atoms with van der Waals surface area (Å²) in [4.78, 5) is 0. The number of hydrogen-bond donors (Lipinski definition) is 0. The first-order valence-corrected chi connectivity index (χ1v) is 11.1. The largest absolute Gasteiger partial charge is 0.204 e. The zero-order valence-corrected chi connectivity index (χ0v) is 16.1. The van der Waals surface area contributed by atoms with Crippen LogP contribution in [0, 0.1) is 41.2 Å². The predicted octanol–water partition coefficient (Wildman–Crippen LogP) is 7.31. The Morgan fingerprint density at radius 2 is 1.19 bits per heavy atom. The van der Waals surface area contributed by atoms with Gasteiger partial charge in [-0.05, 0) is 92.2 Å². The summed E-state index contributed by atoms with van der Waals surface area (Å²) in [5.74, 6) is 3.46. The lowest BCUT2D eigenvalue weighted by Gasteiger charge is -2.38. The number of aryl methyl sites for hydroxylation is 1. The maximum Gasteiger partial charge on any atom is 0.159 e. The van der Waals surface area contributed by atoms with Gasteiger partial charge in [0.25, 0.3) is 0 Å². The first-order valence-electron chi connectivity index (χ1n) is 11.1. The van der Waals surface area contributed by atoms with E-state index in [-0.39, 0.29) is 0 Å². The molecular weight excluding hydrogens is 326 g/mol. The number of rotatable bonds is 6. The molecule has 3 saturated carbocycles. The molecule has 0 aliphatic heterocycles. The molecule has 26 heavy (non-hydrogen) atoms. The smallest absolute Gasteiger partial charge is 0.159 e. The van der Waals surface area contributed by atoms with E-state index >= 15 is 0 Å². The molecule has 0 amide bonds. The molecule has 0 heterocycles. The van der Waals surface area contributed by atoms with Gasteiger partial charge in [-0.25, -0.2) is 8.78 Å². The maximum atomic E-state index is 13.3. The molecule has 0 unspecified atom stereocenters. The van der Waals surface area contributed by atoms with Crippen molar-refractivity contribution in [3.05, 3.63) is 35.4 Å². The molecule has 0 N–H and O–H groups in total. The monoisotopic (exact) mass is 360 g/mol. The van der Waals surface area contributed by atoms with Gasteiger partial charge in [-0.2, -0.15) is 0 Å². The quantitative estimate of drug-likeness (QED) is 0.499. The van der Waals surface area contributed by atoms with Crippen molar-refractivity contribution >= 4 is 0 Å². The molecule has 3 aliphatic carbocycles. The standard InChI is InChI=1S/C24H34F2/c25-23-14-9-20(16-24(23)26)2-1-17-5-10-21(11-6-17)22-12-7-19(8-13-22)15-18-3-4-18/h9,14,16-19,21-22H,1-8,10-13,15H2. The van der Waals surface area contributed by atoms with E-state index in [0.29, 0.717) is 0 Å². The van der Waals surface area contributed by atoms with Crippen molar-refractivity contribution in [2.24, 2.45) is 29.6 Å². The summed E-state index contributed by atoms with van der Waals surface area (Å²) in [7, 11) is 0. The Morgan fingerprint density at radius 1 is 0.654 bits per heavy atom. The van der Waals surface area contributed by atoms with Gasteiger partial charge in [0, 0.05) is 0 Å². The molecule has 4 rings (SSSR count). The van der Waals surface area contributed by atoms with Crippen LogP contribution in [0.5, 0.6) is 0 Å². The van der Waals surface area contributed by atoms with E-state index < -0.39 is 11.6 Å². The third kappa shape index (κ3) is 4.87. The first-order chi connectivity index (χ1) is 12.7. The Bertz CT molecular complexity index is 576. The fourth-order valence-electron chi connectivity index (χ4n) is 5.73. The average Bonchev–Trinajstić information content (AvgIpc) is 3.48. The Labute approximate surface area is 157 Å². The van der Waals surface area contributed by atoms with Crippen LogP contribution >= 0.6 is 0 Å². The number of benzene rings is 1. The van der Waals surface area contributed by atoms with E-state index in [1.165, 1.54) is 82.8 Å². The van der Waals surface area contributed by atoms with Crippen LogP contribution < -0.4 is 0 Å². The highest BCUT2D eigenvalue weighted by Crippen LogP contribution is 2.45. The molecule has 1 aromatic rings. The lowest BCUT2D eigenvalue weighted by Crippen LogP contribution is -2.26. The molecule has 0 aromatic heterocycles. The predicted molar refractivity (Wildman–Crippen MR) is 103 cm³/mol. The van der Waals surface area contributed by atoms with E-state index in [9.17, 15) is 8.78 Å². The average molecular weight is 361 g/mol. The van der Waals surface area contributed by atoms with Crippen molar-refractivity contribution in [2.45, 2.75) is 83.5 Å². The van der Waals surface area contributed by atoms with Gasteiger partial charge in [-0.15, -0.1) is 0 Å².